The number of nitrogens with zero attached hydrogens (tertiary/aromatic N) is 2. The van der Waals surface area contributed by atoms with Crippen LogP contribution in [-0.4, -0.2) is 25.3 Å². The molecule has 0 atom stereocenters. The van der Waals surface area contributed by atoms with Crippen molar-refractivity contribution >= 4 is 17.3 Å². The van der Waals surface area contributed by atoms with Crippen molar-refractivity contribution in [2.45, 2.75) is 12.8 Å². The van der Waals surface area contributed by atoms with Crippen LogP contribution in [0.25, 0.3) is 0 Å². The zero-order chi connectivity index (χ0) is 10.4. The molecule has 0 radical (unpaired) electrons. The number of nitrogens with one attached hydrogen (secondary N) is 1. The van der Waals surface area contributed by atoms with Crippen LogP contribution < -0.4 is 11.1 Å². The van der Waals surface area contributed by atoms with Crippen LogP contribution >= 0.6 is 11.6 Å². The van der Waals surface area contributed by atoms with Crippen molar-refractivity contribution in [1.82, 2.24) is 5.32 Å². The zero-order valence-electron chi connectivity index (χ0n) is 7.89. The number of aliphatic imine (C=N–C) groups is 1. The van der Waals surface area contributed by atoms with Gasteiger partial charge in [-0.1, -0.05) is 11.6 Å². The summed E-state index contributed by atoms with van der Waals surface area (Å²) < 4.78 is 0. The van der Waals surface area contributed by atoms with Gasteiger partial charge in [0.2, 0.25) is 0 Å². The summed E-state index contributed by atoms with van der Waals surface area (Å²) in [6.45, 7) is 2.33. The van der Waals surface area contributed by atoms with E-state index in [2.05, 4.69) is 10.3 Å². The van der Waals surface area contributed by atoms with Crippen LogP contribution in [0.3, 0.4) is 0 Å². The highest BCUT2D eigenvalue weighted by molar-refractivity contribution is 6.44. The summed E-state index contributed by atoms with van der Waals surface area (Å²) in [6, 6.07) is 1.96. The molecule has 0 fully saturated rings. The molecule has 3 N–H and O–H groups in total. The topological polar surface area (TPSA) is 74.2 Å². The van der Waals surface area contributed by atoms with Gasteiger partial charge in [-0.15, -0.1) is 0 Å². The van der Waals surface area contributed by atoms with Gasteiger partial charge in [-0.2, -0.15) is 5.26 Å². The minimum Gasteiger partial charge on any atom is -0.400 e. The Kier molecular flexibility index (Phi) is 4.44. The fraction of sp³-hybridized carbons (Fsp3) is 0.556. The fourth-order valence-corrected chi connectivity index (χ4v) is 1.37. The number of allylic oxidation sites excluding steroid dienone is 1. The highest BCUT2D eigenvalue weighted by Gasteiger charge is 2.10. The number of hydrogen-bond acceptors (Lipinski definition) is 4. The number of halogens is 1. The molecule has 4 nitrogen and oxygen atoms in total. The molecule has 1 heterocycles. The van der Waals surface area contributed by atoms with Crippen LogP contribution in [0.2, 0.25) is 0 Å². The molecular formula is C9H13ClN4. The third-order valence-electron chi connectivity index (χ3n) is 1.91. The Morgan fingerprint density at radius 1 is 1.71 bits per heavy atom. The van der Waals surface area contributed by atoms with E-state index in [1.807, 2.05) is 6.07 Å². The summed E-state index contributed by atoms with van der Waals surface area (Å²) in [4.78, 5) is 4.30. The van der Waals surface area contributed by atoms with E-state index < -0.39 is 0 Å². The number of nitrogens with two attached hydrogens (primary N) is 1. The lowest BCUT2D eigenvalue weighted by atomic mass is 10.2. The van der Waals surface area contributed by atoms with Crippen molar-refractivity contribution in [2.75, 3.05) is 19.6 Å². The Bertz CT molecular complexity index is 300. The second kappa shape index (κ2) is 5.63. The van der Waals surface area contributed by atoms with Crippen molar-refractivity contribution in [3.05, 3.63) is 10.7 Å². The first-order valence-electron chi connectivity index (χ1n) is 4.51. The Morgan fingerprint density at radius 3 is 3.21 bits per heavy atom. The van der Waals surface area contributed by atoms with E-state index >= 15 is 0 Å². The maximum absolute atomic E-state index is 8.46. The molecule has 14 heavy (non-hydrogen) atoms. The van der Waals surface area contributed by atoms with Crippen LogP contribution in [0.5, 0.6) is 0 Å². The Labute approximate surface area is 88.4 Å². The first-order chi connectivity index (χ1) is 6.75. The summed E-state index contributed by atoms with van der Waals surface area (Å²) in [6.07, 6.45) is 1.16. The summed E-state index contributed by atoms with van der Waals surface area (Å²) in [5.74, 6) is 0. The molecule has 1 aliphatic heterocycles. The highest BCUT2D eigenvalue weighted by atomic mass is 35.5. The van der Waals surface area contributed by atoms with E-state index in [-0.39, 0.29) is 6.42 Å². The normalized spacial score (nSPS) is 19.0. The van der Waals surface area contributed by atoms with Crippen LogP contribution in [0.1, 0.15) is 12.8 Å². The van der Waals surface area contributed by atoms with Crippen molar-refractivity contribution < 1.29 is 0 Å². The molecule has 5 heteroatoms. The average molecular weight is 213 g/mol. The Balaban J connectivity index is 2.76. The van der Waals surface area contributed by atoms with Crippen LogP contribution in [0.15, 0.2) is 15.7 Å². The lowest BCUT2D eigenvalue weighted by Gasteiger charge is -2.05. The van der Waals surface area contributed by atoms with Gasteiger partial charge < -0.3 is 11.1 Å². The molecular weight excluding hydrogens is 200 g/mol. The maximum Gasteiger partial charge on any atom is 0.0827 e. The first-order valence-corrected chi connectivity index (χ1v) is 4.89. The monoisotopic (exact) mass is 212 g/mol. The number of nitriles is 1. The molecule has 0 aliphatic carbocycles. The predicted octanol–water partition coefficient (Wildman–Crippen LogP) is 0.743. The SMILES string of the molecule is N#CC/C(N)=C(\Cl)C1=NCCCNC1. The van der Waals surface area contributed by atoms with Gasteiger partial charge in [-0.05, 0) is 13.0 Å². The first kappa shape index (κ1) is 11.0. The van der Waals surface area contributed by atoms with E-state index in [9.17, 15) is 0 Å². The molecule has 0 unspecified atom stereocenters. The second-order valence-electron chi connectivity index (χ2n) is 3.03. The molecule has 76 valence electrons. The molecule has 0 amide bonds. The lowest BCUT2D eigenvalue weighted by Crippen LogP contribution is -2.23. The molecule has 0 saturated heterocycles. The van der Waals surface area contributed by atoms with E-state index in [1.54, 1.807) is 0 Å². The summed E-state index contributed by atoms with van der Waals surface area (Å²) >= 11 is 5.99. The van der Waals surface area contributed by atoms with Crippen LogP contribution in [0, 0.1) is 11.3 Å². The minimum atomic E-state index is 0.151. The largest absolute Gasteiger partial charge is 0.400 e. The van der Waals surface area contributed by atoms with Gasteiger partial charge in [-0.25, -0.2) is 0 Å². The Morgan fingerprint density at radius 2 is 2.50 bits per heavy atom. The molecule has 1 aliphatic rings. The van der Waals surface area contributed by atoms with Gasteiger partial charge in [0.15, 0.2) is 0 Å². The van der Waals surface area contributed by atoms with Crippen LogP contribution in [-0.2, 0) is 0 Å². The molecule has 1 rings (SSSR count). The molecule has 0 saturated carbocycles. The molecule has 0 spiro atoms. The summed E-state index contributed by atoms with van der Waals surface area (Å²) in [5.41, 5.74) is 6.79. The lowest BCUT2D eigenvalue weighted by molar-refractivity contribution is 0.735. The van der Waals surface area contributed by atoms with E-state index in [1.165, 1.54) is 0 Å². The van der Waals surface area contributed by atoms with Gasteiger partial charge in [0.25, 0.3) is 0 Å². The highest BCUT2D eigenvalue weighted by Crippen LogP contribution is 2.11. The zero-order valence-corrected chi connectivity index (χ0v) is 8.64. The van der Waals surface area contributed by atoms with Gasteiger partial charge in [0, 0.05) is 18.8 Å². The van der Waals surface area contributed by atoms with Crippen molar-refractivity contribution in [1.29, 1.82) is 5.26 Å². The van der Waals surface area contributed by atoms with E-state index in [4.69, 9.17) is 22.6 Å². The fourth-order valence-electron chi connectivity index (χ4n) is 1.18. The maximum atomic E-state index is 8.46. The standard InChI is InChI=1S/C9H13ClN4/c10-9(7(12)2-3-11)8-6-13-4-1-5-14-8/h13H,1-2,4-6,12H2/b9-7+. The second-order valence-corrected chi connectivity index (χ2v) is 3.41. The number of hydrogen-bond donors (Lipinski definition) is 2. The van der Waals surface area contributed by atoms with E-state index in [0.717, 1.165) is 25.2 Å². The Hall–Kier alpha value is -1.05. The number of rotatable bonds is 2. The van der Waals surface area contributed by atoms with E-state index in [0.29, 0.717) is 17.3 Å². The van der Waals surface area contributed by atoms with Gasteiger partial charge >= 0.3 is 0 Å². The minimum absolute atomic E-state index is 0.151. The average Bonchev–Trinajstić information content (AvgIpc) is 2.45. The van der Waals surface area contributed by atoms with Gasteiger partial charge in [0.1, 0.15) is 0 Å². The molecule has 0 bridgehead atoms. The van der Waals surface area contributed by atoms with Crippen molar-refractivity contribution in [3.63, 3.8) is 0 Å². The van der Waals surface area contributed by atoms with Crippen molar-refractivity contribution in [2.24, 2.45) is 10.7 Å². The van der Waals surface area contributed by atoms with Crippen molar-refractivity contribution in [3.8, 4) is 6.07 Å². The van der Waals surface area contributed by atoms with Gasteiger partial charge in [0.05, 0.1) is 23.2 Å². The quantitative estimate of drug-likeness (QED) is 0.709. The summed E-state index contributed by atoms with van der Waals surface area (Å²) in [5, 5.41) is 12.1. The van der Waals surface area contributed by atoms with Crippen LogP contribution in [0.4, 0.5) is 0 Å². The molecule has 0 aromatic carbocycles. The smallest absolute Gasteiger partial charge is 0.0827 e. The third-order valence-corrected chi connectivity index (χ3v) is 2.37. The molecule has 0 aromatic rings. The van der Waals surface area contributed by atoms with Gasteiger partial charge in [-0.3, -0.25) is 4.99 Å². The third kappa shape index (κ3) is 3.02. The predicted molar refractivity (Wildman–Crippen MR) is 57.1 cm³/mol. The molecule has 0 aromatic heterocycles. The summed E-state index contributed by atoms with van der Waals surface area (Å²) in [7, 11) is 0.